The highest BCUT2D eigenvalue weighted by Crippen LogP contribution is 2.01. The summed E-state index contributed by atoms with van der Waals surface area (Å²) < 4.78 is 0. The molecule has 0 aliphatic rings. The van der Waals surface area contributed by atoms with Crippen LogP contribution in [0.2, 0.25) is 0 Å². The summed E-state index contributed by atoms with van der Waals surface area (Å²) in [5.41, 5.74) is 13.7. The summed E-state index contributed by atoms with van der Waals surface area (Å²) in [5, 5.41) is 22.7. The molecule has 9 nitrogen and oxygen atoms in total. The van der Waals surface area contributed by atoms with E-state index in [4.69, 9.17) is 16.6 Å². The molecule has 0 aromatic carbocycles. The molecule has 8 N–H and O–H groups in total. The van der Waals surface area contributed by atoms with Crippen molar-refractivity contribution < 1.29 is 19.8 Å². The Morgan fingerprint density at radius 1 is 1.36 bits per heavy atom. The number of aliphatic hydroxyl groups excluding tert-OH is 1. The fraction of sp³-hybridized carbons (Fsp3) is 0.846. The average Bonchev–Trinajstić information content (AvgIpc) is 2.34. The summed E-state index contributed by atoms with van der Waals surface area (Å²) in [6.07, 6.45) is 0.453. The van der Waals surface area contributed by atoms with Crippen molar-refractivity contribution in [2.24, 2.45) is 11.5 Å². The molecule has 0 aromatic rings. The van der Waals surface area contributed by atoms with Crippen LogP contribution in [0.3, 0.4) is 0 Å². The Balaban J connectivity index is 3.93. The van der Waals surface area contributed by atoms with Gasteiger partial charge >= 0.3 is 5.97 Å². The topological polar surface area (TPSA) is 154 Å². The molecular formula is C13H29N5O4. The number of carbonyl (C=O) groups is 2. The van der Waals surface area contributed by atoms with E-state index in [0.29, 0.717) is 13.1 Å². The first-order chi connectivity index (χ1) is 10.2. The van der Waals surface area contributed by atoms with Crippen LogP contribution in [0.5, 0.6) is 0 Å². The van der Waals surface area contributed by atoms with Crippen LogP contribution in [0.4, 0.5) is 0 Å². The molecule has 0 radical (unpaired) electrons. The summed E-state index contributed by atoms with van der Waals surface area (Å²) in [7, 11) is 1.45. The number of nitrogens with two attached hydrogens (primary N) is 2. The van der Waals surface area contributed by atoms with E-state index < -0.39 is 18.1 Å². The number of carboxylic acid groups (broad SMARTS) is 1. The van der Waals surface area contributed by atoms with Crippen LogP contribution >= 0.6 is 0 Å². The molecule has 0 saturated carbocycles. The minimum absolute atomic E-state index is 0.0133. The number of aliphatic hydroxyl groups is 1. The van der Waals surface area contributed by atoms with Crippen molar-refractivity contribution in [2.45, 2.75) is 44.4 Å². The van der Waals surface area contributed by atoms with Crippen molar-refractivity contribution in [1.29, 1.82) is 0 Å². The molecule has 0 spiro atoms. The Hall–Kier alpha value is -1.26. The fourth-order valence-corrected chi connectivity index (χ4v) is 1.94. The van der Waals surface area contributed by atoms with Crippen molar-refractivity contribution in [2.75, 3.05) is 26.7 Å². The first-order valence-electron chi connectivity index (χ1n) is 7.34. The summed E-state index contributed by atoms with van der Waals surface area (Å²) in [6, 6.07) is -0.288. The monoisotopic (exact) mass is 319 g/mol. The number of hydrazine groups is 1. The molecule has 0 rings (SSSR count). The van der Waals surface area contributed by atoms with Gasteiger partial charge in [0.15, 0.2) is 0 Å². The van der Waals surface area contributed by atoms with Crippen molar-refractivity contribution in [3.05, 3.63) is 0 Å². The fourth-order valence-electron chi connectivity index (χ4n) is 1.94. The molecule has 3 atom stereocenters. The highest BCUT2D eigenvalue weighted by molar-refractivity contribution is 5.76. The maximum atomic E-state index is 11.6. The minimum Gasteiger partial charge on any atom is -0.480 e. The number of amides is 1. The highest BCUT2D eigenvalue weighted by Gasteiger charge is 2.16. The molecule has 1 amide bonds. The van der Waals surface area contributed by atoms with Crippen LogP contribution in [-0.4, -0.2) is 72.0 Å². The Bertz CT molecular complexity index is 342. The third kappa shape index (κ3) is 11.4. The van der Waals surface area contributed by atoms with Crippen molar-refractivity contribution in [3.63, 3.8) is 0 Å². The van der Waals surface area contributed by atoms with Gasteiger partial charge in [0.05, 0.1) is 6.10 Å². The second-order valence-corrected chi connectivity index (χ2v) is 5.53. The van der Waals surface area contributed by atoms with Gasteiger partial charge in [-0.2, -0.15) is 0 Å². The van der Waals surface area contributed by atoms with Crippen LogP contribution in [0.1, 0.15) is 26.2 Å². The van der Waals surface area contributed by atoms with Gasteiger partial charge in [-0.25, -0.2) is 5.01 Å². The van der Waals surface area contributed by atoms with E-state index in [1.165, 1.54) is 12.1 Å². The summed E-state index contributed by atoms with van der Waals surface area (Å²) in [5.74, 6) is -1.42. The van der Waals surface area contributed by atoms with E-state index >= 15 is 0 Å². The standard InChI is InChI=1S/C13H29N5O4/c1-9(3-4-14)16-7-11(19)5-10(15)6-12(20)17-18(2)8-13(21)22/h9-11,16,19H,3-8,14-15H2,1-2H3,(H,17,20)(H,21,22)/t9?,10-,11-/m1/s1. The Morgan fingerprint density at radius 3 is 2.55 bits per heavy atom. The second kappa shape index (κ2) is 11.3. The Kier molecular flexibility index (Phi) is 10.7. The quantitative estimate of drug-likeness (QED) is 0.222. The third-order valence-corrected chi connectivity index (χ3v) is 3.01. The van der Waals surface area contributed by atoms with E-state index in [1.807, 2.05) is 6.92 Å². The van der Waals surface area contributed by atoms with Crippen LogP contribution < -0.4 is 22.2 Å². The van der Waals surface area contributed by atoms with E-state index in [-0.39, 0.29) is 31.3 Å². The van der Waals surface area contributed by atoms with Gasteiger partial charge in [-0.3, -0.25) is 15.0 Å². The molecule has 0 saturated heterocycles. The largest absolute Gasteiger partial charge is 0.480 e. The molecule has 0 aliphatic carbocycles. The Morgan fingerprint density at radius 2 is 2.00 bits per heavy atom. The zero-order valence-corrected chi connectivity index (χ0v) is 13.3. The molecule has 9 heteroatoms. The lowest BCUT2D eigenvalue weighted by atomic mass is 10.1. The van der Waals surface area contributed by atoms with Gasteiger partial charge in [-0.15, -0.1) is 0 Å². The molecule has 0 fully saturated rings. The molecule has 0 bridgehead atoms. The van der Waals surface area contributed by atoms with Crippen LogP contribution in [0.25, 0.3) is 0 Å². The maximum Gasteiger partial charge on any atom is 0.319 e. The minimum atomic E-state index is -1.04. The lowest BCUT2D eigenvalue weighted by molar-refractivity contribution is -0.139. The van der Waals surface area contributed by atoms with Gasteiger partial charge in [0, 0.05) is 32.1 Å². The second-order valence-electron chi connectivity index (χ2n) is 5.53. The summed E-state index contributed by atoms with van der Waals surface area (Å²) in [6.45, 7) is 2.64. The van der Waals surface area contributed by atoms with E-state index in [1.54, 1.807) is 0 Å². The Labute approximate surface area is 131 Å². The number of aliphatic carboxylic acids is 1. The molecule has 22 heavy (non-hydrogen) atoms. The lowest BCUT2D eigenvalue weighted by Crippen LogP contribution is -2.45. The normalized spacial score (nSPS) is 15.4. The van der Waals surface area contributed by atoms with Gasteiger partial charge in [0.25, 0.3) is 0 Å². The first kappa shape index (κ1) is 20.7. The average molecular weight is 319 g/mol. The predicted octanol–water partition coefficient (Wildman–Crippen LogP) is -2.17. The van der Waals surface area contributed by atoms with Gasteiger partial charge in [-0.05, 0) is 26.3 Å². The van der Waals surface area contributed by atoms with E-state index in [9.17, 15) is 14.7 Å². The molecular weight excluding hydrogens is 290 g/mol. The third-order valence-electron chi connectivity index (χ3n) is 3.01. The van der Waals surface area contributed by atoms with Crippen molar-refractivity contribution >= 4 is 11.9 Å². The maximum absolute atomic E-state index is 11.6. The molecule has 0 heterocycles. The van der Waals surface area contributed by atoms with E-state index in [0.717, 1.165) is 6.42 Å². The van der Waals surface area contributed by atoms with Gasteiger partial charge in [-0.1, -0.05) is 0 Å². The molecule has 0 aromatic heterocycles. The molecule has 0 aliphatic heterocycles. The van der Waals surface area contributed by atoms with Crippen LogP contribution in [0.15, 0.2) is 0 Å². The number of nitrogens with zero attached hydrogens (tertiary/aromatic N) is 1. The van der Waals surface area contributed by atoms with Crippen LogP contribution in [0, 0.1) is 0 Å². The molecule has 1 unspecified atom stereocenters. The van der Waals surface area contributed by atoms with E-state index in [2.05, 4.69) is 10.7 Å². The number of carbonyl (C=O) groups excluding carboxylic acids is 1. The lowest BCUT2D eigenvalue weighted by Gasteiger charge is -2.20. The SMILES string of the molecule is CC(CCN)NC[C@H](O)C[C@@H](N)CC(=O)NN(C)CC(=O)O. The number of nitrogens with one attached hydrogen (secondary N) is 2. The zero-order valence-electron chi connectivity index (χ0n) is 13.3. The smallest absolute Gasteiger partial charge is 0.319 e. The van der Waals surface area contributed by atoms with Gasteiger partial charge in [0.2, 0.25) is 5.91 Å². The summed E-state index contributed by atoms with van der Waals surface area (Å²) >= 11 is 0. The number of hydrogen-bond donors (Lipinski definition) is 6. The zero-order chi connectivity index (χ0) is 17.1. The van der Waals surface area contributed by atoms with Gasteiger partial charge < -0.3 is 27.0 Å². The number of rotatable bonds is 12. The highest BCUT2D eigenvalue weighted by atomic mass is 16.4. The van der Waals surface area contributed by atoms with Crippen molar-refractivity contribution in [3.8, 4) is 0 Å². The number of likely N-dealkylation sites (N-methyl/N-ethyl adjacent to an activating group) is 1. The van der Waals surface area contributed by atoms with Crippen molar-refractivity contribution in [1.82, 2.24) is 15.8 Å². The van der Waals surface area contributed by atoms with Crippen LogP contribution in [-0.2, 0) is 9.59 Å². The number of hydrogen-bond acceptors (Lipinski definition) is 7. The first-order valence-corrected chi connectivity index (χ1v) is 7.34. The predicted molar refractivity (Wildman–Crippen MR) is 82.8 cm³/mol. The van der Waals surface area contributed by atoms with Gasteiger partial charge in [0.1, 0.15) is 6.54 Å². The number of carboxylic acids is 1. The molecule has 130 valence electrons. The summed E-state index contributed by atoms with van der Waals surface area (Å²) in [4.78, 5) is 22.1.